The Hall–Kier alpha value is -1.29. The lowest BCUT2D eigenvalue weighted by Gasteiger charge is -2.26. The molecule has 4 heteroatoms. The van der Waals surface area contributed by atoms with Crippen molar-refractivity contribution in [1.29, 1.82) is 0 Å². The summed E-state index contributed by atoms with van der Waals surface area (Å²) in [6, 6.07) is 4.95. The van der Waals surface area contributed by atoms with Crippen LogP contribution in [-0.4, -0.2) is 29.0 Å². The molecule has 3 nitrogen and oxygen atoms in total. The van der Waals surface area contributed by atoms with Crippen LogP contribution in [0.4, 0.5) is 0 Å². The first kappa shape index (κ1) is 12.2. The van der Waals surface area contributed by atoms with E-state index in [0.717, 1.165) is 10.9 Å². The fraction of sp³-hybridized carbons (Fsp3) is 0.308. The minimum Gasteiger partial charge on any atom is -0.507 e. The maximum atomic E-state index is 12.2. The summed E-state index contributed by atoms with van der Waals surface area (Å²) in [7, 11) is 0. The number of phenols is 1. The number of hydrogen-bond acceptors (Lipinski definition) is 2. The van der Waals surface area contributed by atoms with E-state index in [1.54, 1.807) is 23.1 Å². The summed E-state index contributed by atoms with van der Waals surface area (Å²) in [5.74, 6) is -0.0842. The average molecular weight is 296 g/mol. The summed E-state index contributed by atoms with van der Waals surface area (Å²) in [5.41, 5.74) is 1.56. The number of carbonyl (C=O) groups is 1. The first-order chi connectivity index (χ1) is 8.08. The molecule has 1 aliphatic heterocycles. The Kier molecular flexibility index (Phi) is 3.52. The molecular weight excluding hydrogens is 282 g/mol. The van der Waals surface area contributed by atoms with Crippen LogP contribution in [0.25, 0.3) is 0 Å². The third-order valence-corrected chi connectivity index (χ3v) is 3.30. The second-order valence-electron chi connectivity index (χ2n) is 4.23. The molecule has 0 saturated carbocycles. The summed E-state index contributed by atoms with van der Waals surface area (Å²) in [4.78, 5) is 14.0. The zero-order valence-corrected chi connectivity index (χ0v) is 11.2. The van der Waals surface area contributed by atoms with Crippen LogP contribution < -0.4 is 0 Å². The summed E-state index contributed by atoms with van der Waals surface area (Å²) in [6.07, 6.45) is 3.03. The number of aromatic hydroxyl groups is 1. The number of phenolic OH excluding ortho intramolecular Hbond substituents is 1. The highest BCUT2D eigenvalue weighted by molar-refractivity contribution is 9.10. The van der Waals surface area contributed by atoms with E-state index in [2.05, 4.69) is 22.0 Å². The van der Waals surface area contributed by atoms with Gasteiger partial charge in [-0.1, -0.05) is 27.6 Å². The molecule has 0 aromatic heterocycles. The first-order valence-electron chi connectivity index (χ1n) is 5.51. The second-order valence-corrected chi connectivity index (χ2v) is 5.14. The van der Waals surface area contributed by atoms with Gasteiger partial charge in [-0.2, -0.15) is 0 Å². The summed E-state index contributed by atoms with van der Waals surface area (Å²) >= 11 is 3.26. The Morgan fingerprint density at radius 3 is 2.88 bits per heavy atom. The Labute approximate surface area is 109 Å². The number of nitrogens with zero attached hydrogens (tertiary/aromatic N) is 1. The van der Waals surface area contributed by atoms with Crippen molar-refractivity contribution in [3.05, 3.63) is 39.9 Å². The third-order valence-electron chi connectivity index (χ3n) is 2.81. The van der Waals surface area contributed by atoms with E-state index >= 15 is 0 Å². The SMILES string of the molecule is CC1=CCCN(C(=O)c2ccc(Br)cc2O)C1. The topological polar surface area (TPSA) is 40.5 Å². The molecule has 17 heavy (non-hydrogen) atoms. The Morgan fingerprint density at radius 2 is 2.24 bits per heavy atom. The number of hydrogen-bond donors (Lipinski definition) is 1. The number of amides is 1. The zero-order valence-electron chi connectivity index (χ0n) is 9.61. The monoisotopic (exact) mass is 295 g/mol. The quantitative estimate of drug-likeness (QED) is 0.809. The average Bonchev–Trinajstić information content (AvgIpc) is 2.28. The lowest BCUT2D eigenvalue weighted by Crippen LogP contribution is -2.35. The van der Waals surface area contributed by atoms with Crippen molar-refractivity contribution in [2.75, 3.05) is 13.1 Å². The standard InChI is InChI=1S/C13H14BrNO2/c1-9-3-2-6-15(8-9)13(17)11-5-4-10(14)7-12(11)16/h3-5,7,16H,2,6,8H2,1H3. The number of benzene rings is 1. The van der Waals surface area contributed by atoms with E-state index in [9.17, 15) is 9.90 Å². The summed E-state index contributed by atoms with van der Waals surface area (Å²) in [5, 5.41) is 9.77. The van der Waals surface area contributed by atoms with Crippen molar-refractivity contribution >= 4 is 21.8 Å². The highest BCUT2D eigenvalue weighted by Crippen LogP contribution is 2.24. The van der Waals surface area contributed by atoms with Gasteiger partial charge in [0.05, 0.1) is 5.56 Å². The van der Waals surface area contributed by atoms with Gasteiger partial charge in [-0.15, -0.1) is 0 Å². The van der Waals surface area contributed by atoms with Gasteiger partial charge in [-0.25, -0.2) is 0 Å². The molecule has 0 unspecified atom stereocenters. The van der Waals surface area contributed by atoms with E-state index in [-0.39, 0.29) is 11.7 Å². The first-order valence-corrected chi connectivity index (χ1v) is 6.30. The molecule has 1 aromatic carbocycles. The van der Waals surface area contributed by atoms with Gasteiger partial charge in [0.15, 0.2) is 0 Å². The molecule has 1 aromatic rings. The molecule has 1 N–H and O–H groups in total. The lowest BCUT2D eigenvalue weighted by molar-refractivity contribution is 0.0763. The van der Waals surface area contributed by atoms with Crippen LogP contribution in [0, 0.1) is 0 Å². The molecule has 0 saturated heterocycles. The van der Waals surface area contributed by atoms with Crippen molar-refractivity contribution in [2.45, 2.75) is 13.3 Å². The molecule has 1 amide bonds. The molecule has 90 valence electrons. The van der Waals surface area contributed by atoms with Crippen LogP contribution in [0.5, 0.6) is 5.75 Å². The predicted molar refractivity (Wildman–Crippen MR) is 70.1 cm³/mol. The van der Waals surface area contributed by atoms with Crippen LogP contribution in [0.1, 0.15) is 23.7 Å². The summed E-state index contributed by atoms with van der Waals surface area (Å²) < 4.78 is 0.765. The number of carbonyl (C=O) groups excluding carboxylic acids is 1. The van der Waals surface area contributed by atoms with Gasteiger partial charge in [0.25, 0.3) is 5.91 Å². The van der Waals surface area contributed by atoms with Crippen molar-refractivity contribution in [2.24, 2.45) is 0 Å². The van der Waals surface area contributed by atoms with Crippen molar-refractivity contribution < 1.29 is 9.90 Å². The van der Waals surface area contributed by atoms with E-state index in [1.165, 1.54) is 5.57 Å². The molecule has 2 rings (SSSR count). The Bertz CT molecular complexity index is 482. The van der Waals surface area contributed by atoms with Gasteiger partial charge in [-0.05, 0) is 31.5 Å². The lowest BCUT2D eigenvalue weighted by atomic mass is 10.1. The number of halogens is 1. The van der Waals surface area contributed by atoms with Gasteiger partial charge in [0.1, 0.15) is 5.75 Å². The van der Waals surface area contributed by atoms with Crippen LogP contribution in [-0.2, 0) is 0 Å². The second kappa shape index (κ2) is 4.92. The van der Waals surface area contributed by atoms with Crippen molar-refractivity contribution in [3.63, 3.8) is 0 Å². The zero-order chi connectivity index (χ0) is 12.4. The predicted octanol–water partition coefficient (Wildman–Crippen LogP) is 2.95. The van der Waals surface area contributed by atoms with Gasteiger partial charge in [-0.3, -0.25) is 4.79 Å². The normalized spacial score (nSPS) is 15.6. The fourth-order valence-electron chi connectivity index (χ4n) is 1.94. The Balaban J connectivity index is 2.22. The van der Waals surface area contributed by atoms with E-state index in [4.69, 9.17) is 0 Å². The number of rotatable bonds is 1. The minimum absolute atomic E-state index is 0.0246. The molecule has 0 bridgehead atoms. The highest BCUT2D eigenvalue weighted by atomic mass is 79.9. The maximum Gasteiger partial charge on any atom is 0.257 e. The van der Waals surface area contributed by atoms with E-state index in [1.807, 2.05) is 6.92 Å². The van der Waals surface area contributed by atoms with Crippen LogP contribution >= 0.6 is 15.9 Å². The van der Waals surface area contributed by atoms with Gasteiger partial charge in [0, 0.05) is 17.6 Å². The molecule has 0 aliphatic carbocycles. The highest BCUT2D eigenvalue weighted by Gasteiger charge is 2.20. The molecule has 1 aliphatic rings. The molecular formula is C13H14BrNO2. The fourth-order valence-corrected chi connectivity index (χ4v) is 2.29. The molecule has 0 fully saturated rings. The van der Waals surface area contributed by atoms with Crippen LogP contribution in [0.15, 0.2) is 34.3 Å². The van der Waals surface area contributed by atoms with E-state index < -0.39 is 0 Å². The van der Waals surface area contributed by atoms with Crippen molar-refractivity contribution in [3.8, 4) is 5.75 Å². The van der Waals surface area contributed by atoms with Gasteiger partial charge < -0.3 is 10.0 Å². The molecule has 0 atom stereocenters. The molecule has 1 heterocycles. The largest absolute Gasteiger partial charge is 0.507 e. The van der Waals surface area contributed by atoms with Gasteiger partial charge in [0.2, 0.25) is 0 Å². The molecule has 0 radical (unpaired) electrons. The third kappa shape index (κ3) is 2.69. The van der Waals surface area contributed by atoms with Crippen LogP contribution in [0.3, 0.4) is 0 Å². The summed E-state index contributed by atoms with van der Waals surface area (Å²) in [6.45, 7) is 3.38. The molecule has 0 spiro atoms. The minimum atomic E-state index is -0.109. The maximum absolute atomic E-state index is 12.2. The van der Waals surface area contributed by atoms with Crippen molar-refractivity contribution in [1.82, 2.24) is 4.90 Å². The Morgan fingerprint density at radius 1 is 1.47 bits per heavy atom. The van der Waals surface area contributed by atoms with Crippen LogP contribution in [0.2, 0.25) is 0 Å². The van der Waals surface area contributed by atoms with Gasteiger partial charge >= 0.3 is 0 Å². The van der Waals surface area contributed by atoms with E-state index in [0.29, 0.717) is 18.7 Å². The smallest absolute Gasteiger partial charge is 0.257 e.